The molecule has 0 bridgehead atoms. The van der Waals surface area contributed by atoms with Crippen molar-refractivity contribution >= 4 is 17.5 Å². The number of aryl methyl sites for hydroxylation is 1. The van der Waals surface area contributed by atoms with E-state index in [1.807, 2.05) is 26.2 Å². The van der Waals surface area contributed by atoms with Crippen LogP contribution in [-0.4, -0.2) is 25.0 Å². The van der Waals surface area contributed by atoms with Crippen molar-refractivity contribution in [3.05, 3.63) is 64.7 Å². The predicted molar refractivity (Wildman–Crippen MR) is 122 cm³/mol. The highest BCUT2D eigenvalue weighted by atomic mass is 16.3. The number of allylic oxidation sites excluding steroid dienone is 1. The first-order valence-electron chi connectivity index (χ1n) is 11.2. The van der Waals surface area contributed by atoms with E-state index < -0.39 is 0 Å². The second kappa shape index (κ2) is 7.01. The molecule has 2 aromatic rings. The summed E-state index contributed by atoms with van der Waals surface area (Å²) in [7, 11) is 4.08. The minimum absolute atomic E-state index is 0.217. The number of ketones is 1. The van der Waals surface area contributed by atoms with Gasteiger partial charge in [0, 0.05) is 25.2 Å². The van der Waals surface area contributed by atoms with E-state index >= 15 is 0 Å². The van der Waals surface area contributed by atoms with E-state index in [1.165, 1.54) is 16.8 Å². The normalized spacial score (nSPS) is 31.2. The summed E-state index contributed by atoms with van der Waals surface area (Å²) < 4.78 is 0. The van der Waals surface area contributed by atoms with Crippen molar-refractivity contribution in [2.45, 2.75) is 44.9 Å². The van der Waals surface area contributed by atoms with Gasteiger partial charge in [0.2, 0.25) is 0 Å². The zero-order valence-corrected chi connectivity index (χ0v) is 18.2. The monoisotopic (exact) mass is 401 g/mol. The summed E-state index contributed by atoms with van der Waals surface area (Å²) in [5.41, 5.74) is 5.80. The van der Waals surface area contributed by atoms with Crippen LogP contribution in [0.4, 0.5) is 5.69 Å². The van der Waals surface area contributed by atoms with Gasteiger partial charge in [-0.2, -0.15) is 0 Å². The molecule has 4 atom stereocenters. The van der Waals surface area contributed by atoms with Gasteiger partial charge >= 0.3 is 0 Å². The van der Waals surface area contributed by atoms with Crippen LogP contribution >= 0.6 is 0 Å². The third-order valence-corrected chi connectivity index (χ3v) is 8.10. The molecule has 2 fully saturated rings. The molecule has 3 aliphatic rings. The average Bonchev–Trinajstić information content (AvgIpc) is 2.98. The van der Waals surface area contributed by atoms with Gasteiger partial charge in [-0.1, -0.05) is 25.1 Å². The van der Waals surface area contributed by atoms with E-state index in [2.05, 4.69) is 48.2 Å². The number of rotatable bonds is 2. The van der Waals surface area contributed by atoms with Gasteiger partial charge in [0.25, 0.3) is 0 Å². The number of hydrogen-bond donors (Lipinski definition) is 1. The molecule has 1 N–H and O–H groups in total. The number of phenols is 1. The van der Waals surface area contributed by atoms with Crippen molar-refractivity contribution in [2.24, 2.45) is 17.3 Å². The fourth-order valence-electron chi connectivity index (χ4n) is 6.44. The lowest BCUT2D eigenvalue weighted by atomic mass is 9.55. The first-order chi connectivity index (χ1) is 14.4. The number of carbonyl (C=O) groups excluding carboxylic acids is 1. The van der Waals surface area contributed by atoms with Gasteiger partial charge in [0.15, 0.2) is 5.78 Å². The smallest absolute Gasteiger partial charge is 0.165 e. The quantitative estimate of drug-likeness (QED) is 0.668. The maximum absolute atomic E-state index is 13.5. The topological polar surface area (TPSA) is 40.5 Å². The van der Waals surface area contributed by atoms with Crippen LogP contribution < -0.4 is 4.90 Å². The number of aromatic hydroxyl groups is 1. The molecule has 0 amide bonds. The molecule has 0 radical (unpaired) electrons. The van der Waals surface area contributed by atoms with Gasteiger partial charge in [-0.25, -0.2) is 0 Å². The lowest BCUT2D eigenvalue weighted by Gasteiger charge is -2.48. The van der Waals surface area contributed by atoms with Crippen LogP contribution in [-0.2, 0) is 11.2 Å². The van der Waals surface area contributed by atoms with E-state index in [4.69, 9.17) is 0 Å². The van der Waals surface area contributed by atoms with Gasteiger partial charge in [-0.3, -0.25) is 4.79 Å². The molecule has 156 valence electrons. The first-order valence-corrected chi connectivity index (χ1v) is 11.2. The molecular weight excluding hydrogens is 370 g/mol. The van der Waals surface area contributed by atoms with E-state index in [0.29, 0.717) is 29.3 Å². The van der Waals surface area contributed by atoms with Gasteiger partial charge < -0.3 is 10.0 Å². The second-order valence-corrected chi connectivity index (χ2v) is 9.94. The minimum Gasteiger partial charge on any atom is -0.508 e. The molecule has 5 rings (SSSR count). The number of benzene rings is 2. The molecule has 0 spiro atoms. The zero-order valence-electron chi connectivity index (χ0n) is 18.2. The summed E-state index contributed by atoms with van der Waals surface area (Å²) in [6.07, 6.45) is 7.21. The molecule has 3 aliphatic carbocycles. The van der Waals surface area contributed by atoms with Crippen LogP contribution in [0.15, 0.2) is 48.0 Å². The van der Waals surface area contributed by atoms with Crippen LogP contribution in [0, 0.1) is 17.3 Å². The number of nitrogens with zero attached hydrogens (tertiary/aromatic N) is 1. The highest BCUT2D eigenvalue weighted by Crippen LogP contribution is 2.60. The van der Waals surface area contributed by atoms with Gasteiger partial charge in [0.05, 0.1) is 0 Å². The van der Waals surface area contributed by atoms with Crippen molar-refractivity contribution < 1.29 is 9.90 Å². The highest BCUT2D eigenvalue weighted by Gasteiger charge is 2.56. The first kappa shape index (κ1) is 19.4. The Hall–Kier alpha value is -2.55. The molecule has 0 saturated heterocycles. The molecule has 2 saturated carbocycles. The number of anilines is 1. The Labute approximate surface area is 179 Å². The van der Waals surface area contributed by atoms with Crippen LogP contribution in [0.2, 0.25) is 0 Å². The number of carbonyl (C=O) groups is 1. The summed E-state index contributed by atoms with van der Waals surface area (Å²) in [6, 6.07) is 14.4. The molecule has 2 aromatic carbocycles. The Morgan fingerprint density at radius 2 is 1.87 bits per heavy atom. The lowest BCUT2D eigenvalue weighted by Crippen LogP contribution is -2.42. The number of Topliss-reactive ketones (excluding diaryl/α,β-unsaturated/α-hetero) is 1. The van der Waals surface area contributed by atoms with Crippen molar-refractivity contribution in [1.29, 1.82) is 0 Å². The molecule has 0 heterocycles. The van der Waals surface area contributed by atoms with Crippen LogP contribution in [0.3, 0.4) is 0 Å². The average molecular weight is 402 g/mol. The Kier molecular flexibility index (Phi) is 4.53. The van der Waals surface area contributed by atoms with Gasteiger partial charge in [0.1, 0.15) is 5.75 Å². The van der Waals surface area contributed by atoms with Gasteiger partial charge in [-0.15, -0.1) is 0 Å². The lowest BCUT2D eigenvalue weighted by molar-refractivity contribution is -0.127. The summed E-state index contributed by atoms with van der Waals surface area (Å²) in [4.78, 5) is 15.6. The highest BCUT2D eigenvalue weighted by molar-refractivity contribution is 6.06. The third kappa shape index (κ3) is 2.98. The second-order valence-electron chi connectivity index (χ2n) is 9.94. The molecule has 3 nitrogen and oxygen atoms in total. The summed E-state index contributed by atoms with van der Waals surface area (Å²) in [6.45, 7) is 2.22. The van der Waals surface area contributed by atoms with Crippen molar-refractivity contribution in [3.8, 4) is 5.75 Å². The molecular formula is C27H31NO2. The van der Waals surface area contributed by atoms with Crippen molar-refractivity contribution in [1.82, 2.24) is 0 Å². The summed E-state index contributed by atoms with van der Waals surface area (Å²) in [5, 5.41) is 9.88. The van der Waals surface area contributed by atoms with Crippen molar-refractivity contribution in [3.63, 3.8) is 0 Å². The SMILES string of the molecule is CN(C)c1ccc(/C=C2\CC3C4CCc5cc(O)ccc5C4CCC3(C)C2=O)cc1. The van der Waals surface area contributed by atoms with E-state index in [1.54, 1.807) is 0 Å². The Morgan fingerprint density at radius 1 is 1.10 bits per heavy atom. The fraction of sp³-hybridized carbons (Fsp3) is 0.444. The molecule has 3 heteroatoms. The Bertz CT molecular complexity index is 1020. The van der Waals surface area contributed by atoms with Gasteiger partial charge in [-0.05, 0) is 102 Å². The summed E-state index contributed by atoms with van der Waals surface area (Å²) >= 11 is 0. The predicted octanol–water partition coefficient (Wildman–Crippen LogP) is 5.58. The summed E-state index contributed by atoms with van der Waals surface area (Å²) in [5.74, 6) is 2.26. The Balaban J connectivity index is 1.44. The van der Waals surface area contributed by atoms with Crippen LogP contribution in [0.25, 0.3) is 6.08 Å². The van der Waals surface area contributed by atoms with Crippen molar-refractivity contribution in [2.75, 3.05) is 19.0 Å². The zero-order chi connectivity index (χ0) is 21.0. The van der Waals surface area contributed by atoms with E-state index in [-0.39, 0.29) is 5.41 Å². The minimum atomic E-state index is -0.217. The standard InChI is InChI=1S/C27H31NO2/c1-27-13-12-23-22-11-9-21(29)15-18(22)6-10-24(23)25(27)16-19(26(27)30)14-17-4-7-20(8-5-17)28(2)3/h4-5,7-9,11,14-15,23-25,29H,6,10,12-13,16H2,1-3H3/b19-14+. The molecule has 30 heavy (non-hydrogen) atoms. The fourth-order valence-corrected chi connectivity index (χ4v) is 6.44. The maximum atomic E-state index is 13.5. The third-order valence-electron chi connectivity index (χ3n) is 8.10. The van der Waals surface area contributed by atoms with E-state index in [0.717, 1.165) is 43.2 Å². The number of fused-ring (bicyclic) bond motifs is 5. The Morgan fingerprint density at radius 3 is 2.60 bits per heavy atom. The molecule has 0 aromatic heterocycles. The molecule has 0 aliphatic heterocycles. The molecule has 4 unspecified atom stereocenters. The van der Waals surface area contributed by atoms with Crippen LogP contribution in [0.5, 0.6) is 5.75 Å². The van der Waals surface area contributed by atoms with E-state index in [9.17, 15) is 9.90 Å². The van der Waals surface area contributed by atoms with Crippen LogP contribution in [0.1, 0.15) is 55.2 Å². The largest absolute Gasteiger partial charge is 0.508 e. The maximum Gasteiger partial charge on any atom is 0.165 e. The number of hydrogen-bond acceptors (Lipinski definition) is 3. The number of phenolic OH excluding ortho intramolecular Hbond substituents is 1.